The molecule has 0 spiro atoms. The highest BCUT2D eigenvalue weighted by atomic mass is 35.5. The fourth-order valence-corrected chi connectivity index (χ4v) is 1.92. The van der Waals surface area contributed by atoms with Crippen molar-refractivity contribution in [3.8, 4) is 5.75 Å². The van der Waals surface area contributed by atoms with Crippen LogP contribution in [0.3, 0.4) is 0 Å². The highest BCUT2D eigenvalue weighted by Gasteiger charge is 2.20. The van der Waals surface area contributed by atoms with E-state index in [0.29, 0.717) is 11.8 Å². The number of carbonyl (C=O) groups is 1. The zero-order valence-corrected chi connectivity index (χ0v) is 11.0. The lowest BCUT2D eigenvalue weighted by atomic mass is 10.0. The van der Waals surface area contributed by atoms with Crippen molar-refractivity contribution >= 4 is 17.4 Å². The van der Waals surface area contributed by atoms with Gasteiger partial charge in [0.05, 0.1) is 17.7 Å². The lowest BCUT2D eigenvalue weighted by Crippen LogP contribution is -2.07. The highest BCUT2D eigenvalue weighted by molar-refractivity contribution is 6.32. The van der Waals surface area contributed by atoms with E-state index < -0.39 is 28.8 Å². The van der Waals surface area contributed by atoms with E-state index >= 15 is 0 Å². The van der Waals surface area contributed by atoms with Crippen LogP contribution in [0.15, 0.2) is 30.3 Å². The summed E-state index contributed by atoms with van der Waals surface area (Å²) >= 11 is 5.85. The van der Waals surface area contributed by atoms with E-state index in [4.69, 9.17) is 16.3 Å². The van der Waals surface area contributed by atoms with Crippen molar-refractivity contribution in [3.05, 3.63) is 63.9 Å². The molecule has 0 bridgehead atoms. The molecule has 6 heteroatoms. The number of ketones is 1. The first kappa shape index (κ1) is 14.4. The molecule has 2 aromatic carbocycles. The van der Waals surface area contributed by atoms with Crippen LogP contribution in [-0.4, -0.2) is 12.9 Å². The van der Waals surface area contributed by atoms with Gasteiger partial charge in [-0.3, -0.25) is 4.79 Å². The third kappa shape index (κ3) is 2.49. The molecule has 0 aliphatic carbocycles. The van der Waals surface area contributed by atoms with Gasteiger partial charge in [0, 0.05) is 5.56 Å². The van der Waals surface area contributed by atoms with Crippen molar-refractivity contribution < 1.29 is 22.7 Å². The van der Waals surface area contributed by atoms with Crippen molar-refractivity contribution in [3.63, 3.8) is 0 Å². The Bertz CT molecular complexity index is 686. The Morgan fingerprint density at radius 3 is 2.40 bits per heavy atom. The van der Waals surface area contributed by atoms with E-state index in [1.165, 1.54) is 25.3 Å². The predicted molar refractivity (Wildman–Crippen MR) is 67.8 cm³/mol. The van der Waals surface area contributed by atoms with Crippen LogP contribution < -0.4 is 4.74 Å². The van der Waals surface area contributed by atoms with Crippen LogP contribution in [0.1, 0.15) is 15.9 Å². The fourth-order valence-electron chi connectivity index (χ4n) is 1.66. The minimum Gasteiger partial charge on any atom is -0.495 e. The lowest BCUT2D eigenvalue weighted by molar-refractivity contribution is 0.103. The summed E-state index contributed by atoms with van der Waals surface area (Å²) in [6.07, 6.45) is 0. The molecule has 0 heterocycles. The Kier molecular flexibility index (Phi) is 3.99. The first-order chi connectivity index (χ1) is 9.45. The Balaban J connectivity index is 2.47. The van der Waals surface area contributed by atoms with Crippen molar-refractivity contribution in [2.24, 2.45) is 0 Å². The first-order valence-electron chi connectivity index (χ1n) is 5.47. The molecule has 104 valence electrons. The van der Waals surface area contributed by atoms with Crippen LogP contribution in [0, 0.1) is 17.5 Å². The molecule has 2 rings (SSSR count). The van der Waals surface area contributed by atoms with Crippen molar-refractivity contribution in [1.29, 1.82) is 0 Å². The summed E-state index contributed by atoms with van der Waals surface area (Å²) in [4.78, 5) is 12.1. The van der Waals surface area contributed by atoms with E-state index in [0.717, 1.165) is 6.07 Å². The summed E-state index contributed by atoms with van der Waals surface area (Å²) in [6, 6.07) is 5.62. The SMILES string of the molecule is COc1ccc(C(=O)c2ccc(F)c(F)c2F)cc1Cl. The van der Waals surface area contributed by atoms with E-state index in [1.54, 1.807) is 0 Å². The van der Waals surface area contributed by atoms with Gasteiger partial charge in [0.25, 0.3) is 0 Å². The van der Waals surface area contributed by atoms with Crippen LogP contribution in [-0.2, 0) is 0 Å². The average molecular weight is 301 g/mol. The van der Waals surface area contributed by atoms with Gasteiger partial charge >= 0.3 is 0 Å². The summed E-state index contributed by atoms with van der Waals surface area (Å²) in [5, 5.41) is 0.154. The quantitative estimate of drug-likeness (QED) is 0.633. The van der Waals surface area contributed by atoms with Crippen LogP contribution in [0.2, 0.25) is 5.02 Å². The summed E-state index contributed by atoms with van der Waals surface area (Å²) < 4.78 is 44.4. The van der Waals surface area contributed by atoms with Crippen molar-refractivity contribution in [2.75, 3.05) is 7.11 Å². The molecular formula is C14H8ClF3O2. The summed E-state index contributed by atoms with van der Waals surface area (Å²) in [6.45, 7) is 0. The van der Waals surface area contributed by atoms with Crippen LogP contribution in [0.4, 0.5) is 13.2 Å². The van der Waals surface area contributed by atoms with Gasteiger partial charge in [0.15, 0.2) is 23.2 Å². The third-order valence-corrected chi connectivity index (χ3v) is 2.99. The van der Waals surface area contributed by atoms with Crippen molar-refractivity contribution in [1.82, 2.24) is 0 Å². The molecule has 0 fully saturated rings. The first-order valence-corrected chi connectivity index (χ1v) is 5.85. The normalized spacial score (nSPS) is 10.4. The number of halogens is 4. The molecule has 0 aliphatic rings. The van der Waals surface area contributed by atoms with Crippen molar-refractivity contribution in [2.45, 2.75) is 0 Å². The van der Waals surface area contributed by atoms with Gasteiger partial charge in [0.2, 0.25) is 0 Å². The lowest BCUT2D eigenvalue weighted by Gasteiger charge is -2.07. The summed E-state index contributed by atoms with van der Waals surface area (Å²) in [5.41, 5.74) is -0.522. The maximum absolute atomic E-state index is 13.6. The number of ether oxygens (including phenoxy) is 1. The summed E-state index contributed by atoms with van der Waals surface area (Å²) in [7, 11) is 1.40. The maximum Gasteiger partial charge on any atom is 0.196 e. The maximum atomic E-state index is 13.6. The topological polar surface area (TPSA) is 26.3 Å². The van der Waals surface area contributed by atoms with Crippen LogP contribution in [0.25, 0.3) is 0 Å². The second-order valence-electron chi connectivity index (χ2n) is 3.90. The predicted octanol–water partition coefficient (Wildman–Crippen LogP) is 4.00. The van der Waals surface area contributed by atoms with E-state index in [9.17, 15) is 18.0 Å². The highest BCUT2D eigenvalue weighted by Crippen LogP contribution is 2.27. The van der Waals surface area contributed by atoms with E-state index in [-0.39, 0.29) is 10.6 Å². The Morgan fingerprint density at radius 2 is 1.80 bits per heavy atom. The molecule has 0 aromatic heterocycles. The number of hydrogen-bond donors (Lipinski definition) is 0. The monoisotopic (exact) mass is 300 g/mol. The molecule has 2 nitrogen and oxygen atoms in total. The van der Waals surface area contributed by atoms with E-state index in [1.807, 2.05) is 0 Å². The smallest absolute Gasteiger partial charge is 0.196 e. The van der Waals surface area contributed by atoms with Gasteiger partial charge < -0.3 is 4.74 Å². The molecule has 0 amide bonds. The molecule has 0 N–H and O–H groups in total. The van der Waals surface area contributed by atoms with Gasteiger partial charge in [0.1, 0.15) is 5.75 Å². The number of benzene rings is 2. The van der Waals surface area contributed by atoms with E-state index in [2.05, 4.69) is 0 Å². The van der Waals surface area contributed by atoms with Gasteiger partial charge in [-0.25, -0.2) is 13.2 Å². The molecule has 0 aliphatic heterocycles. The molecule has 0 saturated heterocycles. The third-order valence-electron chi connectivity index (χ3n) is 2.69. The Morgan fingerprint density at radius 1 is 1.10 bits per heavy atom. The molecule has 0 unspecified atom stereocenters. The Hall–Kier alpha value is -2.01. The average Bonchev–Trinajstić information content (AvgIpc) is 2.44. The minimum atomic E-state index is -1.68. The fraction of sp³-hybridized carbons (Fsp3) is 0.0714. The molecular weight excluding hydrogens is 293 g/mol. The number of carbonyl (C=O) groups excluding carboxylic acids is 1. The molecule has 0 saturated carbocycles. The second kappa shape index (κ2) is 5.54. The zero-order valence-electron chi connectivity index (χ0n) is 10.2. The molecule has 0 radical (unpaired) electrons. The largest absolute Gasteiger partial charge is 0.495 e. The summed E-state index contributed by atoms with van der Waals surface area (Å²) in [5.74, 6) is -5.02. The Labute approximate surface area is 117 Å². The molecule has 0 atom stereocenters. The minimum absolute atomic E-state index is 0.0423. The number of rotatable bonds is 3. The standard InChI is InChI=1S/C14H8ClF3O2/c1-20-11-5-2-7(6-9(11)15)14(19)8-3-4-10(16)13(18)12(8)17/h2-6H,1H3. The van der Waals surface area contributed by atoms with Gasteiger partial charge in [-0.15, -0.1) is 0 Å². The molecule has 2 aromatic rings. The zero-order chi connectivity index (χ0) is 14.9. The van der Waals surface area contributed by atoms with Crippen LogP contribution in [0.5, 0.6) is 5.75 Å². The van der Waals surface area contributed by atoms with Gasteiger partial charge in [-0.1, -0.05) is 11.6 Å². The van der Waals surface area contributed by atoms with Gasteiger partial charge in [-0.2, -0.15) is 0 Å². The number of hydrogen-bond acceptors (Lipinski definition) is 2. The van der Waals surface area contributed by atoms with Gasteiger partial charge in [-0.05, 0) is 30.3 Å². The number of methoxy groups -OCH3 is 1. The second-order valence-corrected chi connectivity index (χ2v) is 4.31. The molecule has 20 heavy (non-hydrogen) atoms. The van der Waals surface area contributed by atoms with Crippen LogP contribution >= 0.6 is 11.6 Å².